The van der Waals surface area contributed by atoms with Gasteiger partial charge in [0.1, 0.15) is 12.7 Å². The standard InChI is InChI=1S/C20H26N4O3/c1-14-4-3-5-18(15(14)2)23-19(25)11-27-20(26)17-8-6-16(7-9-17)10-24-13-21-12-22-24/h6-9,12-15,18H,3-5,10-11H2,1-2H3,(H,23,25)/t14-,15+,18-/m1/s1. The summed E-state index contributed by atoms with van der Waals surface area (Å²) in [5.74, 6) is 0.304. The molecule has 3 rings (SSSR count). The molecular weight excluding hydrogens is 344 g/mol. The zero-order valence-corrected chi connectivity index (χ0v) is 15.8. The predicted molar refractivity (Wildman–Crippen MR) is 100.0 cm³/mol. The molecule has 1 aromatic carbocycles. The maximum atomic E-state index is 12.2. The molecule has 1 N–H and O–H groups in total. The molecule has 144 valence electrons. The third-order valence-corrected chi connectivity index (χ3v) is 5.39. The van der Waals surface area contributed by atoms with Crippen LogP contribution in [0.2, 0.25) is 0 Å². The van der Waals surface area contributed by atoms with Gasteiger partial charge in [0, 0.05) is 6.04 Å². The molecule has 0 unspecified atom stereocenters. The number of rotatable bonds is 6. The molecule has 0 saturated heterocycles. The Kier molecular flexibility index (Phi) is 6.21. The van der Waals surface area contributed by atoms with Crippen molar-refractivity contribution in [1.82, 2.24) is 20.1 Å². The van der Waals surface area contributed by atoms with Crippen LogP contribution in [0.5, 0.6) is 0 Å². The predicted octanol–water partition coefficient (Wildman–Crippen LogP) is 2.42. The quantitative estimate of drug-likeness (QED) is 0.789. The number of esters is 1. The summed E-state index contributed by atoms with van der Waals surface area (Å²) in [5, 5.41) is 7.05. The lowest BCUT2D eigenvalue weighted by Gasteiger charge is -2.34. The van der Waals surface area contributed by atoms with Gasteiger partial charge >= 0.3 is 5.97 Å². The monoisotopic (exact) mass is 370 g/mol. The summed E-state index contributed by atoms with van der Waals surface area (Å²) in [7, 11) is 0. The molecule has 3 atom stereocenters. The zero-order chi connectivity index (χ0) is 19.2. The first-order valence-electron chi connectivity index (χ1n) is 9.41. The third-order valence-electron chi connectivity index (χ3n) is 5.39. The number of carbonyl (C=O) groups is 2. The van der Waals surface area contributed by atoms with E-state index in [1.54, 1.807) is 23.1 Å². The number of benzene rings is 1. The van der Waals surface area contributed by atoms with E-state index < -0.39 is 5.97 Å². The highest BCUT2D eigenvalue weighted by Gasteiger charge is 2.28. The molecule has 1 fully saturated rings. The normalized spacial score (nSPS) is 22.2. The van der Waals surface area contributed by atoms with E-state index in [0.29, 0.717) is 23.9 Å². The summed E-state index contributed by atoms with van der Waals surface area (Å²) in [4.78, 5) is 28.2. The van der Waals surface area contributed by atoms with Gasteiger partial charge in [-0.2, -0.15) is 5.10 Å². The van der Waals surface area contributed by atoms with Crippen LogP contribution in [0.15, 0.2) is 36.9 Å². The minimum Gasteiger partial charge on any atom is -0.452 e. The Morgan fingerprint density at radius 3 is 2.70 bits per heavy atom. The maximum absolute atomic E-state index is 12.2. The van der Waals surface area contributed by atoms with Crippen molar-refractivity contribution in [3.8, 4) is 0 Å². The van der Waals surface area contributed by atoms with Crippen molar-refractivity contribution in [3.63, 3.8) is 0 Å². The second kappa shape index (κ2) is 8.79. The summed E-state index contributed by atoms with van der Waals surface area (Å²) in [5.41, 5.74) is 1.42. The van der Waals surface area contributed by atoms with Crippen molar-refractivity contribution >= 4 is 11.9 Å². The first-order chi connectivity index (χ1) is 13.0. The molecule has 27 heavy (non-hydrogen) atoms. The molecule has 0 radical (unpaired) electrons. The van der Waals surface area contributed by atoms with Crippen LogP contribution in [-0.4, -0.2) is 39.3 Å². The highest BCUT2D eigenvalue weighted by atomic mass is 16.5. The van der Waals surface area contributed by atoms with Crippen LogP contribution >= 0.6 is 0 Å². The first kappa shape index (κ1) is 19.1. The van der Waals surface area contributed by atoms with E-state index in [1.165, 1.54) is 12.7 Å². The van der Waals surface area contributed by atoms with Crippen molar-refractivity contribution < 1.29 is 14.3 Å². The van der Waals surface area contributed by atoms with Crippen LogP contribution in [0.3, 0.4) is 0 Å². The fourth-order valence-electron chi connectivity index (χ4n) is 3.50. The van der Waals surface area contributed by atoms with E-state index >= 15 is 0 Å². The molecule has 0 aliphatic heterocycles. The summed E-state index contributed by atoms with van der Waals surface area (Å²) in [6.07, 6.45) is 6.42. The van der Waals surface area contributed by atoms with Gasteiger partial charge in [-0.1, -0.05) is 38.8 Å². The number of nitrogens with zero attached hydrogens (tertiary/aromatic N) is 3. The second-order valence-corrected chi connectivity index (χ2v) is 7.31. The van der Waals surface area contributed by atoms with E-state index in [0.717, 1.165) is 18.4 Å². The molecule has 0 spiro atoms. The minimum atomic E-state index is -0.498. The summed E-state index contributed by atoms with van der Waals surface area (Å²) in [6, 6.07) is 7.22. The molecule has 7 nitrogen and oxygen atoms in total. The molecule has 7 heteroatoms. The number of hydrogen-bond acceptors (Lipinski definition) is 5. The largest absolute Gasteiger partial charge is 0.452 e. The number of nitrogens with one attached hydrogen (secondary N) is 1. The average Bonchev–Trinajstić information content (AvgIpc) is 3.17. The second-order valence-electron chi connectivity index (χ2n) is 7.31. The van der Waals surface area contributed by atoms with Crippen LogP contribution < -0.4 is 5.32 Å². The van der Waals surface area contributed by atoms with Crippen LogP contribution in [0.4, 0.5) is 0 Å². The Morgan fingerprint density at radius 2 is 2.00 bits per heavy atom. The van der Waals surface area contributed by atoms with Gasteiger partial charge < -0.3 is 10.1 Å². The van der Waals surface area contributed by atoms with Gasteiger partial charge in [0.25, 0.3) is 5.91 Å². The SMILES string of the molecule is C[C@H]1[C@H](C)CCC[C@H]1NC(=O)COC(=O)c1ccc(Cn2cncn2)cc1. The molecule has 0 bridgehead atoms. The van der Waals surface area contributed by atoms with Gasteiger partial charge in [0.15, 0.2) is 6.61 Å². The van der Waals surface area contributed by atoms with E-state index in [4.69, 9.17) is 4.74 Å². The average molecular weight is 370 g/mol. The molecule has 1 aromatic heterocycles. The van der Waals surface area contributed by atoms with E-state index in [9.17, 15) is 9.59 Å². The molecule has 1 heterocycles. The Balaban J connectivity index is 1.46. The Labute approximate surface area is 159 Å². The van der Waals surface area contributed by atoms with Gasteiger partial charge in [-0.25, -0.2) is 14.5 Å². The molecule has 1 saturated carbocycles. The van der Waals surface area contributed by atoms with Crippen molar-refractivity contribution in [2.75, 3.05) is 6.61 Å². The van der Waals surface area contributed by atoms with Gasteiger partial charge in [-0.3, -0.25) is 4.79 Å². The minimum absolute atomic E-state index is 0.163. The van der Waals surface area contributed by atoms with Gasteiger partial charge in [0.05, 0.1) is 12.1 Å². The Bertz CT molecular complexity index is 758. The van der Waals surface area contributed by atoms with Crippen molar-refractivity contribution in [1.29, 1.82) is 0 Å². The Morgan fingerprint density at radius 1 is 1.22 bits per heavy atom. The number of carbonyl (C=O) groups excluding carboxylic acids is 2. The third kappa shape index (κ3) is 5.15. The molecule has 1 aliphatic rings. The Hall–Kier alpha value is -2.70. The zero-order valence-electron chi connectivity index (χ0n) is 15.8. The highest BCUT2D eigenvalue weighted by Crippen LogP contribution is 2.29. The van der Waals surface area contributed by atoms with Crippen molar-refractivity contribution in [3.05, 3.63) is 48.0 Å². The fraction of sp³-hybridized carbons (Fsp3) is 0.500. The number of hydrogen-bond donors (Lipinski definition) is 1. The van der Waals surface area contributed by atoms with Gasteiger partial charge in [-0.05, 0) is 36.0 Å². The summed E-state index contributed by atoms with van der Waals surface area (Å²) < 4.78 is 6.86. The lowest BCUT2D eigenvalue weighted by molar-refractivity contribution is -0.125. The molecule has 1 aliphatic carbocycles. The van der Waals surface area contributed by atoms with Crippen LogP contribution in [0.25, 0.3) is 0 Å². The van der Waals surface area contributed by atoms with Crippen molar-refractivity contribution in [2.45, 2.75) is 45.7 Å². The number of aromatic nitrogens is 3. The molecular formula is C20H26N4O3. The maximum Gasteiger partial charge on any atom is 0.338 e. The number of ether oxygens (including phenoxy) is 1. The topological polar surface area (TPSA) is 86.1 Å². The number of amides is 1. The summed E-state index contributed by atoms with van der Waals surface area (Å²) >= 11 is 0. The van der Waals surface area contributed by atoms with Gasteiger partial charge in [0.2, 0.25) is 0 Å². The van der Waals surface area contributed by atoms with E-state index in [1.807, 2.05) is 12.1 Å². The van der Waals surface area contributed by atoms with Gasteiger partial charge in [-0.15, -0.1) is 0 Å². The van der Waals surface area contributed by atoms with E-state index in [-0.39, 0.29) is 18.6 Å². The lowest BCUT2D eigenvalue weighted by Crippen LogP contribution is -2.45. The first-order valence-corrected chi connectivity index (χ1v) is 9.41. The van der Waals surface area contributed by atoms with Crippen LogP contribution in [0, 0.1) is 11.8 Å². The lowest BCUT2D eigenvalue weighted by atomic mass is 9.78. The fourth-order valence-corrected chi connectivity index (χ4v) is 3.50. The van der Waals surface area contributed by atoms with E-state index in [2.05, 4.69) is 29.2 Å². The molecule has 2 aromatic rings. The van der Waals surface area contributed by atoms with Crippen molar-refractivity contribution in [2.24, 2.45) is 11.8 Å². The molecule has 1 amide bonds. The summed E-state index contributed by atoms with van der Waals surface area (Å²) in [6.45, 7) is 4.71. The smallest absolute Gasteiger partial charge is 0.338 e. The highest BCUT2D eigenvalue weighted by molar-refractivity contribution is 5.91. The van der Waals surface area contributed by atoms with Crippen LogP contribution in [-0.2, 0) is 16.1 Å². The van der Waals surface area contributed by atoms with Crippen LogP contribution in [0.1, 0.15) is 49.0 Å².